The summed E-state index contributed by atoms with van der Waals surface area (Å²) in [6.07, 6.45) is 4.26. The number of amides is 1. The predicted molar refractivity (Wildman–Crippen MR) is 111 cm³/mol. The number of carbonyl (C=O) groups excluding carboxylic acids is 1. The Bertz CT molecular complexity index is 1070. The van der Waals surface area contributed by atoms with Gasteiger partial charge in [0.05, 0.1) is 18.5 Å². The third-order valence-electron chi connectivity index (χ3n) is 5.22. The maximum Gasteiger partial charge on any atom is 0.251 e. The first-order valence-corrected chi connectivity index (χ1v) is 9.83. The maximum absolute atomic E-state index is 12.4. The number of aromatic nitrogens is 1. The van der Waals surface area contributed by atoms with E-state index in [9.17, 15) is 9.59 Å². The molecular weight excluding hydrogens is 352 g/mol. The summed E-state index contributed by atoms with van der Waals surface area (Å²) >= 11 is 0. The molecule has 4 rings (SSSR count). The molecule has 2 aromatic carbocycles. The largest absolute Gasteiger partial charge is 0.494 e. The molecule has 28 heavy (non-hydrogen) atoms. The van der Waals surface area contributed by atoms with Gasteiger partial charge < -0.3 is 15.0 Å². The standard InChI is InChI=1S/C23H24N2O3/c1-2-28-17-10-7-15(8-11-17)13-22(26)24-16-9-12-19-18-5-3-4-6-20(18)23(27)25-21(19)14-16/h7-12,14H,2-6,13H2,1H3,(H,24,26)(H,25,27). The molecule has 144 valence electrons. The van der Waals surface area contributed by atoms with Crippen molar-refractivity contribution in [2.24, 2.45) is 0 Å². The molecule has 0 bridgehead atoms. The second-order valence-corrected chi connectivity index (χ2v) is 7.18. The van der Waals surface area contributed by atoms with Crippen LogP contribution >= 0.6 is 0 Å². The highest BCUT2D eigenvalue weighted by molar-refractivity contribution is 5.95. The van der Waals surface area contributed by atoms with Crippen molar-refractivity contribution in [3.63, 3.8) is 0 Å². The zero-order chi connectivity index (χ0) is 19.5. The average molecular weight is 376 g/mol. The van der Waals surface area contributed by atoms with Crippen molar-refractivity contribution in [3.05, 3.63) is 69.5 Å². The number of H-pyrrole nitrogens is 1. The van der Waals surface area contributed by atoms with Crippen molar-refractivity contribution in [2.75, 3.05) is 11.9 Å². The fourth-order valence-electron chi connectivity index (χ4n) is 3.90. The molecule has 1 aromatic heterocycles. The molecule has 5 heteroatoms. The lowest BCUT2D eigenvalue weighted by molar-refractivity contribution is -0.115. The molecule has 0 saturated heterocycles. The molecule has 0 radical (unpaired) electrons. The lowest BCUT2D eigenvalue weighted by Crippen LogP contribution is -2.19. The van der Waals surface area contributed by atoms with Crippen LogP contribution < -0.4 is 15.6 Å². The normalized spacial score (nSPS) is 13.2. The van der Waals surface area contributed by atoms with E-state index in [0.717, 1.165) is 59.0 Å². The summed E-state index contributed by atoms with van der Waals surface area (Å²) in [4.78, 5) is 27.8. The van der Waals surface area contributed by atoms with Crippen LogP contribution in [0, 0.1) is 0 Å². The lowest BCUT2D eigenvalue weighted by atomic mass is 9.90. The summed E-state index contributed by atoms with van der Waals surface area (Å²) in [6, 6.07) is 13.3. The molecule has 1 aliphatic carbocycles. The Morgan fingerprint density at radius 1 is 1.07 bits per heavy atom. The third kappa shape index (κ3) is 3.79. The number of hydrogen-bond acceptors (Lipinski definition) is 3. The van der Waals surface area contributed by atoms with Crippen LogP contribution in [-0.2, 0) is 24.1 Å². The van der Waals surface area contributed by atoms with Gasteiger partial charge >= 0.3 is 0 Å². The number of benzene rings is 2. The van der Waals surface area contributed by atoms with Gasteiger partial charge in [0, 0.05) is 16.6 Å². The van der Waals surface area contributed by atoms with Crippen LogP contribution in [0.4, 0.5) is 5.69 Å². The van der Waals surface area contributed by atoms with E-state index in [2.05, 4.69) is 10.3 Å². The van der Waals surface area contributed by atoms with Crippen molar-refractivity contribution < 1.29 is 9.53 Å². The fourth-order valence-corrected chi connectivity index (χ4v) is 3.90. The number of ether oxygens (including phenoxy) is 1. The summed E-state index contributed by atoms with van der Waals surface area (Å²) in [5.74, 6) is 0.706. The van der Waals surface area contributed by atoms with E-state index in [0.29, 0.717) is 12.3 Å². The van der Waals surface area contributed by atoms with Crippen molar-refractivity contribution >= 4 is 22.5 Å². The molecule has 0 aliphatic heterocycles. The SMILES string of the molecule is CCOc1ccc(CC(=O)Nc2ccc3c4c(c(=O)[nH]c3c2)CCCC4)cc1. The van der Waals surface area contributed by atoms with Gasteiger partial charge in [-0.2, -0.15) is 0 Å². The van der Waals surface area contributed by atoms with Crippen LogP contribution in [0.25, 0.3) is 10.9 Å². The Morgan fingerprint density at radius 3 is 2.57 bits per heavy atom. The highest BCUT2D eigenvalue weighted by Gasteiger charge is 2.16. The average Bonchev–Trinajstić information content (AvgIpc) is 2.70. The van der Waals surface area contributed by atoms with Gasteiger partial charge in [-0.05, 0) is 68.0 Å². The molecule has 0 saturated carbocycles. The Labute approximate surface area is 163 Å². The van der Waals surface area contributed by atoms with Crippen LogP contribution in [0.15, 0.2) is 47.3 Å². The number of aryl methyl sites for hydroxylation is 1. The van der Waals surface area contributed by atoms with E-state index >= 15 is 0 Å². The van der Waals surface area contributed by atoms with E-state index in [1.165, 1.54) is 0 Å². The monoisotopic (exact) mass is 376 g/mol. The predicted octanol–water partition coefficient (Wildman–Crippen LogP) is 3.99. The molecule has 1 amide bonds. The molecule has 5 nitrogen and oxygen atoms in total. The zero-order valence-electron chi connectivity index (χ0n) is 16.0. The Balaban J connectivity index is 1.51. The number of anilines is 1. The maximum atomic E-state index is 12.4. The number of nitrogens with one attached hydrogen (secondary N) is 2. The summed E-state index contributed by atoms with van der Waals surface area (Å²) in [5, 5.41) is 4.01. The molecule has 3 aromatic rings. The first-order valence-electron chi connectivity index (χ1n) is 9.83. The second kappa shape index (κ2) is 7.89. The van der Waals surface area contributed by atoms with E-state index in [1.807, 2.05) is 49.4 Å². The van der Waals surface area contributed by atoms with E-state index in [-0.39, 0.29) is 17.9 Å². The molecule has 0 unspecified atom stereocenters. The van der Waals surface area contributed by atoms with Crippen molar-refractivity contribution in [2.45, 2.75) is 39.0 Å². The topological polar surface area (TPSA) is 71.2 Å². The second-order valence-electron chi connectivity index (χ2n) is 7.18. The number of carbonyl (C=O) groups is 1. The minimum atomic E-state index is -0.0937. The molecule has 1 heterocycles. The van der Waals surface area contributed by atoms with Gasteiger partial charge in [0.15, 0.2) is 0 Å². The summed E-state index contributed by atoms with van der Waals surface area (Å²) < 4.78 is 5.42. The van der Waals surface area contributed by atoms with Crippen molar-refractivity contribution in [1.29, 1.82) is 0 Å². The molecule has 0 fully saturated rings. The number of fused-ring (bicyclic) bond motifs is 3. The van der Waals surface area contributed by atoms with Crippen molar-refractivity contribution in [1.82, 2.24) is 4.98 Å². The Kier molecular flexibility index (Phi) is 5.15. The van der Waals surface area contributed by atoms with Gasteiger partial charge in [0.2, 0.25) is 5.91 Å². The molecular formula is C23H24N2O3. The minimum absolute atomic E-state index is 0.0000597. The van der Waals surface area contributed by atoms with Gasteiger partial charge in [0.1, 0.15) is 5.75 Å². The van der Waals surface area contributed by atoms with Crippen LogP contribution in [0.1, 0.15) is 36.5 Å². The summed E-state index contributed by atoms with van der Waals surface area (Å²) in [6.45, 7) is 2.56. The number of hydrogen-bond donors (Lipinski definition) is 2. The van der Waals surface area contributed by atoms with Crippen LogP contribution in [-0.4, -0.2) is 17.5 Å². The van der Waals surface area contributed by atoms with E-state index in [1.54, 1.807) is 0 Å². The van der Waals surface area contributed by atoms with Gasteiger partial charge in [0.25, 0.3) is 5.56 Å². The zero-order valence-corrected chi connectivity index (χ0v) is 16.0. The van der Waals surface area contributed by atoms with Crippen LogP contribution in [0.2, 0.25) is 0 Å². The fraction of sp³-hybridized carbons (Fsp3) is 0.304. The number of rotatable bonds is 5. The van der Waals surface area contributed by atoms with Gasteiger partial charge in [-0.3, -0.25) is 9.59 Å². The lowest BCUT2D eigenvalue weighted by Gasteiger charge is -2.17. The smallest absolute Gasteiger partial charge is 0.251 e. The Morgan fingerprint density at radius 2 is 1.82 bits per heavy atom. The summed E-state index contributed by atoms with van der Waals surface area (Å²) in [7, 11) is 0. The minimum Gasteiger partial charge on any atom is -0.494 e. The van der Waals surface area contributed by atoms with Crippen LogP contribution in [0.3, 0.4) is 0 Å². The third-order valence-corrected chi connectivity index (χ3v) is 5.22. The molecule has 0 spiro atoms. The van der Waals surface area contributed by atoms with Crippen molar-refractivity contribution in [3.8, 4) is 5.75 Å². The van der Waals surface area contributed by atoms with E-state index < -0.39 is 0 Å². The first kappa shape index (κ1) is 18.3. The van der Waals surface area contributed by atoms with E-state index in [4.69, 9.17) is 4.74 Å². The van der Waals surface area contributed by atoms with Gasteiger partial charge in [-0.1, -0.05) is 18.2 Å². The highest BCUT2D eigenvalue weighted by Crippen LogP contribution is 2.27. The van der Waals surface area contributed by atoms with Gasteiger partial charge in [-0.25, -0.2) is 0 Å². The van der Waals surface area contributed by atoms with Crippen LogP contribution in [0.5, 0.6) is 5.75 Å². The Hall–Kier alpha value is -3.08. The first-order chi connectivity index (χ1) is 13.6. The summed E-state index contributed by atoms with van der Waals surface area (Å²) in [5.41, 5.74) is 4.48. The quantitative estimate of drug-likeness (QED) is 0.707. The molecule has 1 aliphatic rings. The molecule has 2 N–H and O–H groups in total. The highest BCUT2D eigenvalue weighted by atomic mass is 16.5. The molecule has 0 atom stereocenters. The van der Waals surface area contributed by atoms with Gasteiger partial charge in [-0.15, -0.1) is 0 Å². The number of aromatic amines is 1. The number of pyridine rings is 1.